The summed E-state index contributed by atoms with van der Waals surface area (Å²) in [5.41, 5.74) is 2.37. The first-order chi connectivity index (χ1) is 12.5. The fraction of sp³-hybridized carbons (Fsp3) is 0.550. The van der Waals surface area contributed by atoms with Gasteiger partial charge in [0.05, 0.1) is 6.42 Å². The van der Waals surface area contributed by atoms with E-state index in [1.165, 1.54) is 5.56 Å². The van der Waals surface area contributed by atoms with Gasteiger partial charge in [-0.3, -0.25) is 9.69 Å². The van der Waals surface area contributed by atoms with Gasteiger partial charge in [0.1, 0.15) is 0 Å². The van der Waals surface area contributed by atoms with Crippen molar-refractivity contribution in [3.8, 4) is 0 Å². The Kier molecular flexibility index (Phi) is 6.04. The van der Waals surface area contributed by atoms with Gasteiger partial charge in [-0.05, 0) is 26.3 Å². The third kappa shape index (κ3) is 4.91. The van der Waals surface area contributed by atoms with Crippen molar-refractivity contribution in [3.63, 3.8) is 0 Å². The first kappa shape index (κ1) is 18.6. The summed E-state index contributed by atoms with van der Waals surface area (Å²) in [4.78, 5) is 16.8. The highest BCUT2D eigenvalue weighted by Gasteiger charge is 2.22. The predicted octanol–water partition coefficient (Wildman–Crippen LogP) is 2.45. The van der Waals surface area contributed by atoms with E-state index in [4.69, 9.17) is 4.42 Å². The lowest BCUT2D eigenvalue weighted by Gasteiger charge is -2.36. The number of aryl methyl sites for hydroxylation is 2. The quantitative estimate of drug-likeness (QED) is 0.796. The molecule has 0 atom stereocenters. The van der Waals surface area contributed by atoms with Crippen LogP contribution in [0.25, 0.3) is 0 Å². The maximum Gasteiger partial charge on any atom is 0.223 e. The molecule has 26 heavy (non-hydrogen) atoms. The molecule has 2 aromatic rings. The summed E-state index contributed by atoms with van der Waals surface area (Å²) < 4.78 is 5.71. The molecule has 1 aromatic heterocycles. The number of rotatable bonds is 6. The molecule has 3 rings (SSSR count). The molecule has 1 amide bonds. The van der Waals surface area contributed by atoms with Gasteiger partial charge in [0.25, 0.3) is 0 Å². The maximum atomic E-state index is 12.4. The van der Waals surface area contributed by atoms with Crippen LogP contribution in [0.2, 0.25) is 0 Å². The van der Waals surface area contributed by atoms with Gasteiger partial charge in [-0.25, -0.2) is 0 Å². The minimum atomic E-state index is 0.173. The third-order valence-electron chi connectivity index (χ3n) is 4.90. The van der Waals surface area contributed by atoms with Crippen molar-refractivity contribution in [2.75, 3.05) is 26.2 Å². The highest BCUT2D eigenvalue weighted by atomic mass is 16.4. The molecule has 1 fully saturated rings. The largest absolute Gasteiger partial charge is 0.425 e. The van der Waals surface area contributed by atoms with Crippen LogP contribution in [0, 0.1) is 6.92 Å². The second kappa shape index (κ2) is 8.45. The summed E-state index contributed by atoms with van der Waals surface area (Å²) >= 11 is 0. The predicted molar refractivity (Wildman–Crippen MR) is 99.9 cm³/mol. The van der Waals surface area contributed by atoms with Crippen molar-refractivity contribution < 1.29 is 9.21 Å². The smallest absolute Gasteiger partial charge is 0.223 e. The summed E-state index contributed by atoms with van der Waals surface area (Å²) in [6, 6.07) is 8.80. The van der Waals surface area contributed by atoms with Crippen molar-refractivity contribution in [2.24, 2.45) is 0 Å². The number of carbonyl (C=O) groups is 1. The lowest BCUT2D eigenvalue weighted by atomic mass is 10.1. The highest BCUT2D eigenvalue weighted by Crippen LogP contribution is 2.12. The van der Waals surface area contributed by atoms with E-state index in [-0.39, 0.29) is 5.91 Å². The molecule has 2 heterocycles. The normalized spacial score (nSPS) is 15.6. The number of hydrogen-bond donors (Lipinski definition) is 0. The van der Waals surface area contributed by atoms with Crippen LogP contribution in [0.15, 0.2) is 28.7 Å². The van der Waals surface area contributed by atoms with Crippen LogP contribution < -0.4 is 0 Å². The van der Waals surface area contributed by atoms with Gasteiger partial charge in [-0.15, -0.1) is 10.2 Å². The molecule has 0 saturated carbocycles. The fourth-order valence-corrected chi connectivity index (χ4v) is 3.32. The van der Waals surface area contributed by atoms with Crippen LogP contribution in [0.5, 0.6) is 0 Å². The minimum absolute atomic E-state index is 0.173. The molecule has 0 radical (unpaired) electrons. The molecule has 6 heteroatoms. The standard InChI is InChI=1S/C20H28N4O2/c1-15(2)23-9-11-24(12-10-23)20(25)8-7-18-21-22-19(26-18)14-17-6-4-5-16(3)13-17/h4-6,13,15H,7-12,14H2,1-3H3. The van der Waals surface area contributed by atoms with E-state index in [0.717, 1.165) is 31.7 Å². The van der Waals surface area contributed by atoms with Crippen molar-refractivity contribution in [1.29, 1.82) is 0 Å². The van der Waals surface area contributed by atoms with E-state index in [0.29, 0.717) is 37.1 Å². The van der Waals surface area contributed by atoms with Crippen molar-refractivity contribution >= 4 is 5.91 Å². The Morgan fingerprint density at radius 3 is 2.58 bits per heavy atom. The minimum Gasteiger partial charge on any atom is -0.425 e. The molecule has 0 aliphatic carbocycles. The summed E-state index contributed by atoms with van der Waals surface area (Å²) in [5.74, 6) is 1.32. The maximum absolute atomic E-state index is 12.4. The van der Waals surface area contributed by atoms with Crippen molar-refractivity contribution in [2.45, 2.75) is 46.1 Å². The SMILES string of the molecule is Cc1cccc(Cc2nnc(CCC(=O)N3CCN(C(C)C)CC3)o2)c1. The van der Waals surface area contributed by atoms with E-state index in [9.17, 15) is 4.79 Å². The molecule has 1 aromatic carbocycles. The second-order valence-corrected chi connectivity index (χ2v) is 7.27. The zero-order valence-corrected chi connectivity index (χ0v) is 15.9. The molecular weight excluding hydrogens is 328 g/mol. The summed E-state index contributed by atoms with van der Waals surface area (Å²) in [7, 11) is 0. The molecule has 0 bridgehead atoms. The molecule has 6 nitrogen and oxygen atoms in total. The molecule has 1 aliphatic rings. The number of piperazine rings is 1. The Hall–Kier alpha value is -2.21. The van der Waals surface area contributed by atoms with Crippen LogP contribution in [0.4, 0.5) is 0 Å². The Morgan fingerprint density at radius 1 is 1.15 bits per heavy atom. The van der Waals surface area contributed by atoms with Crippen molar-refractivity contribution in [1.82, 2.24) is 20.0 Å². The van der Waals surface area contributed by atoms with Crippen LogP contribution in [-0.2, 0) is 17.6 Å². The van der Waals surface area contributed by atoms with E-state index in [1.807, 2.05) is 11.0 Å². The van der Waals surface area contributed by atoms with Gasteiger partial charge in [-0.1, -0.05) is 29.8 Å². The van der Waals surface area contributed by atoms with Gasteiger partial charge in [0, 0.05) is 45.1 Å². The summed E-state index contributed by atoms with van der Waals surface area (Å²) in [6.07, 6.45) is 1.55. The first-order valence-corrected chi connectivity index (χ1v) is 9.40. The highest BCUT2D eigenvalue weighted by molar-refractivity contribution is 5.76. The average Bonchev–Trinajstić information content (AvgIpc) is 3.07. The molecule has 1 aliphatic heterocycles. The third-order valence-corrected chi connectivity index (χ3v) is 4.90. The van der Waals surface area contributed by atoms with Crippen LogP contribution in [-0.4, -0.2) is 58.1 Å². The first-order valence-electron chi connectivity index (χ1n) is 9.40. The van der Waals surface area contributed by atoms with E-state index >= 15 is 0 Å². The molecule has 1 saturated heterocycles. The Bertz CT molecular complexity index is 733. The topological polar surface area (TPSA) is 62.5 Å². The summed E-state index contributed by atoms with van der Waals surface area (Å²) in [5, 5.41) is 8.20. The van der Waals surface area contributed by atoms with Crippen LogP contribution in [0.3, 0.4) is 0 Å². The molecule has 0 spiro atoms. The van der Waals surface area contributed by atoms with E-state index < -0.39 is 0 Å². The zero-order chi connectivity index (χ0) is 18.5. The van der Waals surface area contributed by atoms with Gasteiger partial charge < -0.3 is 9.32 Å². The number of amides is 1. The van der Waals surface area contributed by atoms with Crippen LogP contribution in [0.1, 0.15) is 43.2 Å². The number of benzene rings is 1. The Labute approximate surface area is 155 Å². The Balaban J connectivity index is 1.47. The van der Waals surface area contributed by atoms with Crippen LogP contribution >= 0.6 is 0 Å². The monoisotopic (exact) mass is 356 g/mol. The zero-order valence-electron chi connectivity index (χ0n) is 15.9. The van der Waals surface area contributed by atoms with Gasteiger partial charge >= 0.3 is 0 Å². The number of hydrogen-bond acceptors (Lipinski definition) is 5. The van der Waals surface area contributed by atoms with E-state index in [1.54, 1.807) is 0 Å². The van der Waals surface area contributed by atoms with Crippen molar-refractivity contribution in [3.05, 3.63) is 47.2 Å². The molecule has 0 unspecified atom stereocenters. The molecule has 140 valence electrons. The summed E-state index contributed by atoms with van der Waals surface area (Å²) in [6.45, 7) is 9.96. The van der Waals surface area contributed by atoms with Gasteiger partial charge in [0.15, 0.2) is 0 Å². The van der Waals surface area contributed by atoms with Gasteiger partial charge in [0.2, 0.25) is 17.7 Å². The Morgan fingerprint density at radius 2 is 1.88 bits per heavy atom. The lowest BCUT2D eigenvalue weighted by Crippen LogP contribution is -2.50. The molecule has 0 N–H and O–H groups in total. The lowest BCUT2D eigenvalue weighted by molar-refractivity contribution is -0.133. The number of carbonyl (C=O) groups excluding carboxylic acids is 1. The second-order valence-electron chi connectivity index (χ2n) is 7.27. The molecular formula is C20H28N4O2. The average molecular weight is 356 g/mol. The van der Waals surface area contributed by atoms with Gasteiger partial charge in [-0.2, -0.15) is 0 Å². The number of aromatic nitrogens is 2. The fourth-order valence-electron chi connectivity index (χ4n) is 3.32. The number of nitrogens with zero attached hydrogens (tertiary/aromatic N) is 4. The van der Waals surface area contributed by atoms with E-state index in [2.05, 4.69) is 54.1 Å².